The third-order valence-electron chi connectivity index (χ3n) is 2.76. The first-order valence-electron chi connectivity index (χ1n) is 4.36. The molecule has 0 radical (unpaired) electrons. The van der Waals surface area contributed by atoms with Gasteiger partial charge in [0.05, 0.1) is 5.92 Å². The van der Waals surface area contributed by atoms with Crippen molar-refractivity contribution < 1.29 is 24.3 Å². The first kappa shape index (κ1) is 11.7. The van der Waals surface area contributed by atoms with Crippen LogP contribution in [-0.2, 0) is 9.36 Å². The van der Waals surface area contributed by atoms with Gasteiger partial charge >= 0.3 is 13.6 Å². The quantitative estimate of drug-likeness (QED) is 0.492. The van der Waals surface area contributed by atoms with Crippen LogP contribution in [0.15, 0.2) is 0 Å². The third kappa shape index (κ3) is 1.83. The Morgan fingerprint density at radius 2 is 2.00 bits per heavy atom. The van der Waals surface area contributed by atoms with Crippen molar-refractivity contribution in [2.24, 2.45) is 11.7 Å². The van der Waals surface area contributed by atoms with E-state index in [1.54, 1.807) is 0 Å². The SMILES string of the molecule is N[C@]1(P(=O)(O)O)CCCC[C@@H]1C(=O)O. The summed E-state index contributed by atoms with van der Waals surface area (Å²) in [4.78, 5) is 28.9. The lowest BCUT2D eigenvalue weighted by molar-refractivity contribution is -0.144. The van der Waals surface area contributed by atoms with Crippen LogP contribution < -0.4 is 5.73 Å². The van der Waals surface area contributed by atoms with Crippen LogP contribution in [0.5, 0.6) is 0 Å². The largest absolute Gasteiger partial charge is 0.481 e. The van der Waals surface area contributed by atoms with Crippen LogP contribution in [0.1, 0.15) is 25.7 Å². The van der Waals surface area contributed by atoms with Gasteiger partial charge < -0.3 is 20.6 Å². The maximum atomic E-state index is 11.1. The Bertz CT molecular complexity index is 288. The van der Waals surface area contributed by atoms with E-state index in [4.69, 9.17) is 20.6 Å². The van der Waals surface area contributed by atoms with Crippen molar-refractivity contribution in [2.75, 3.05) is 0 Å². The summed E-state index contributed by atoms with van der Waals surface area (Å²) in [6, 6.07) is 0. The summed E-state index contributed by atoms with van der Waals surface area (Å²) >= 11 is 0. The van der Waals surface area contributed by atoms with E-state index in [1.807, 2.05) is 0 Å². The molecule has 0 bridgehead atoms. The van der Waals surface area contributed by atoms with Crippen LogP contribution in [0, 0.1) is 5.92 Å². The fourth-order valence-electron chi connectivity index (χ4n) is 1.87. The van der Waals surface area contributed by atoms with E-state index in [0.717, 1.165) is 0 Å². The third-order valence-corrected chi connectivity index (χ3v) is 4.38. The van der Waals surface area contributed by atoms with Gasteiger partial charge in [0.2, 0.25) is 0 Å². The van der Waals surface area contributed by atoms with E-state index in [1.165, 1.54) is 0 Å². The Kier molecular flexibility index (Phi) is 3.02. The zero-order chi connectivity index (χ0) is 11.0. The van der Waals surface area contributed by atoms with Gasteiger partial charge in [-0.15, -0.1) is 0 Å². The summed E-state index contributed by atoms with van der Waals surface area (Å²) in [5.74, 6) is -2.37. The molecule has 0 amide bonds. The molecule has 0 aromatic carbocycles. The first-order chi connectivity index (χ1) is 6.29. The van der Waals surface area contributed by atoms with E-state index >= 15 is 0 Å². The molecule has 0 saturated heterocycles. The number of rotatable bonds is 2. The normalized spacial score (nSPS) is 34.1. The second-order valence-electron chi connectivity index (χ2n) is 3.67. The molecule has 0 unspecified atom stereocenters. The molecule has 0 spiro atoms. The van der Waals surface area contributed by atoms with E-state index in [0.29, 0.717) is 12.8 Å². The molecule has 0 aromatic rings. The zero-order valence-corrected chi connectivity index (χ0v) is 8.48. The molecule has 1 saturated carbocycles. The molecule has 1 rings (SSSR count). The lowest BCUT2D eigenvalue weighted by Crippen LogP contribution is -2.51. The number of aliphatic carboxylic acids is 1. The predicted octanol–water partition coefficient (Wildman–Crippen LogP) is 0.0939. The first-order valence-corrected chi connectivity index (χ1v) is 5.97. The van der Waals surface area contributed by atoms with Crippen molar-refractivity contribution in [3.8, 4) is 0 Å². The molecule has 1 aliphatic carbocycles. The van der Waals surface area contributed by atoms with Gasteiger partial charge in [-0.1, -0.05) is 12.8 Å². The molecule has 0 aliphatic heterocycles. The van der Waals surface area contributed by atoms with Gasteiger partial charge in [-0.3, -0.25) is 9.36 Å². The van der Waals surface area contributed by atoms with Crippen molar-refractivity contribution in [3.63, 3.8) is 0 Å². The molecular weight excluding hydrogens is 209 g/mol. The molecule has 1 fully saturated rings. The minimum atomic E-state index is -4.57. The molecule has 82 valence electrons. The molecule has 1 aliphatic rings. The number of hydrogen-bond acceptors (Lipinski definition) is 3. The Hall–Kier alpha value is -0.420. The highest BCUT2D eigenvalue weighted by atomic mass is 31.2. The van der Waals surface area contributed by atoms with Crippen LogP contribution in [0.2, 0.25) is 0 Å². The summed E-state index contributed by atoms with van der Waals surface area (Å²) in [7, 11) is -4.57. The minimum absolute atomic E-state index is 0.0637. The highest BCUT2D eigenvalue weighted by molar-refractivity contribution is 7.53. The Morgan fingerprint density at radius 3 is 2.36 bits per heavy atom. The molecule has 6 nitrogen and oxygen atoms in total. The molecular formula is C7H14NO5P. The maximum Gasteiger partial charge on any atom is 0.346 e. The predicted molar refractivity (Wildman–Crippen MR) is 48.6 cm³/mol. The molecule has 0 aromatic heterocycles. The Labute approximate surface area is 81.3 Å². The van der Waals surface area contributed by atoms with Crippen molar-refractivity contribution in [2.45, 2.75) is 31.0 Å². The summed E-state index contributed by atoms with van der Waals surface area (Å²) in [6.07, 6.45) is 1.51. The van der Waals surface area contributed by atoms with E-state index in [9.17, 15) is 9.36 Å². The number of carbonyl (C=O) groups is 1. The van der Waals surface area contributed by atoms with Crippen LogP contribution >= 0.6 is 7.60 Å². The minimum Gasteiger partial charge on any atom is -0.481 e. The fourth-order valence-corrected chi connectivity index (χ4v) is 2.96. The van der Waals surface area contributed by atoms with Gasteiger partial charge in [0.15, 0.2) is 0 Å². The van der Waals surface area contributed by atoms with E-state index in [-0.39, 0.29) is 12.8 Å². The second-order valence-corrected chi connectivity index (χ2v) is 5.59. The van der Waals surface area contributed by atoms with E-state index < -0.39 is 24.8 Å². The van der Waals surface area contributed by atoms with Gasteiger partial charge in [-0.25, -0.2) is 0 Å². The smallest absolute Gasteiger partial charge is 0.346 e. The standard InChI is InChI=1S/C7H14NO5P/c8-7(14(11,12)13)4-2-1-3-5(7)6(9)10/h5H,1-4,8H2,(H,9,10)(H2,11,12,13)/t5-,7+/m1/s1. The van der Waals surface area contributed by atoms with Gasteiger partial charge in [0.1, 0.15) is 5.28 Å². The summed E-state index contributed by atoms with van der Waals surface area (Å²) in [5.41, 5.74) is 5.54. The van der Waals surface area contributed by atoms with Crippen molar-refractivity contribution in [3.05, 3.63) is 0 Å². The van der Waals surface area contributed by atoms with Crippen molar-refractivity contribution >= 4 is 13.6 Å². The summed E-state index contributed by atoms with van der Waals surface area (Å²) in [5, 5.41) is 6.94. The van der Waals surface area contributed by atoms with Gasteiger partial charge in [-0.2, -0.15) is 0 Å². The summed E-state index contributed by atoms with van der Waals surface area (Å²) in [6.45, 7) is 0. The highest BCUT2D eigenvalue weighted by Gasteiger charge is 2.53. The second kappa shape index (κ2) is 3.62. The molecule has 2 atom stereocenters. The number of nitrogens with two attached hydrogens (primary N) is 1. The number of hydrogen-bond donors (Lipinski definition) is 4. The fraction of sp³-hybridized carbons (Fsp3) is 0.857. The number of carboxylic acids is 1. The van der Waals surface area contributed by atoms with Crippen LogP contribution in [0.3, 0.4) is 0 Å². The Morgan fingerprint density at radius 1 is 1.43 bits per heavy atom. The van der Waals surface area contributed by atoms with Gasteiger partial charge in [0, 0.05) is 0 Å². The van der Waals surface area contributed by atoms with Crippen molar-refractivity contribution in [1.29, 1.82) is 0 Å². The number of carboxylic acid groups (broad SMARTS) is 1. The average molecular weight is 223 g/mol. The van der Waals surface area contributed by atoms with E-state index in [2.05, 4.69) is 0 Å². The topological polar surface area (TPSA) is 121 Å². The monoisotopic (exact) mass is 223 g/mol. The molecule has 5 N–H and O–H groups in total. The van der Waals surface area contributed by atoms with Gasteiger partial charge in [0.25, 0.3) is 0 Å². The zero-order valence-electron chi connectivity index (χ0n) is 7.59. The van der Waals surface area contributed by atoms with Crippen molar-refractivity contribution in [1.82, 2.24) is 0 Å². The molecule has 7 heteroatoms. The summed E-state index contributed by atoms with van der Waals surface area (Å²) < 4.78 is 11.1. The van der Waals surface area contributed by atoms with Crippen LogP contribution in [0.4, 0.5) is 0 Å². The average Bonchev–Trinajstić information content (AvgIpc) is 2.02. The van der Waals surface area contributed by atoms with Crippen LogP contribution in [0.25, 0.3) is 0 Å². The van der Waals surface area contributed by atoms with Crippen LogP contribution in [-0.4, -0.2) is 26.1 Å². The lowest BCUT2D eigenvalue weighted by atomic mass is 9.84. The lowest BCUT2D eigenvalue weighted by Gasteiger charge is -2.38. The molecule has 14 heavy (non-hydrogen) atoms. The maximum absolute atomic E-state index is 11.1. The molecule has 0 heterocycles. The Balaban J connectivity index is 3.03. The van der Waals surface area contributed by atoms with Gasteiger partial charge in [-0.05, 0) is 12.8 Å². The highest BCUT2D eigenvalue weighted by Crippen LogP contribution is 2.56.